The van der Waals surface area contributed by atoms with Gasteiger partial charge in [-0.3, -0.25) is 4.79 Å². The summed E-state index contributed by atoms with van der Waals surface area (Å²) in [5, 5.41) is 0. The van der Waals surface area contributed by atoms with Crippen molar-refractivity contribution in [3.63, 3.8) is 0 Å². The number of carbonyl (C=O) groups is 1. The van der Waals surface area contributed by atoms with Gasteiger partial charge in [0.2, 0.25) is 0 Å². The Morgan fingerprint density at radius 3 is 2.09 bits per heavy atom. The van der Waals surface area contributed by atoms with E-state index in [1.54, 1.807) is 6.92 Å². The molecule has 0 radical (unpaired) electrons. The molecule has 0 aromatic carbocycles. The summed E-state index contributed by atoms with van der Waals surface area (Å²) < 4.78 is 1.09. The van der Waals surface area contributed by atoms with Gasteiger partial charge in [-0.25, -0.2) is 0 Å². The average Bonchev–Trinajstić information content (AvgIpc) is 1.86. The van der Waals surface area contributed by atoms with Crippen LogP contribution < -0.4 is 0 Å². The second-order valence-electron chi connectivity index (χ2n) is 4.27. The van der Waals surface area contributed by atoms with Gasteiger partial charge in [-0.2, -0.15) is 0 Å². The Kier molecular flexibility index (Phi) is 2.33. The van der Waals surface area contributed by atoms with Crippen LogP contribution in [-0.2, 0) is 4.79 Å². The summed E-state index contributed by atoms with van der Waals surface area (Å²) in [6, 6.07) is 0. The first kappa shape index (κ1) is 8.72. The van der Waals surface area contributed by atoms with Gasteiger partial charge in [0, 0.05) is 18.8 Å². The summed E-state index contributed by atoms with van der Waals surface area (Å²) in [6.07, 6.45) is 2.17. The standard InChI is InChI=1S/C9H18NO/c1-8(11)9-4-6-10(2,3)7-5-9/h9H,4-7H2,1-3H3/q+1. The molecule has 0 aromatic heterocycles. The van der Waals surface area contributed by atoms with Gasteiger partial charge >= 0.3 is 0 Å². The third-order valence-electron chi connectivity index (χ3n) is 2.74. The van der Waals surface area contributed by atoms with E-state index in [0.29, 0.717) is 11.7 Å². The second kappa shape index (κ2) is 2.94. The van der Waals surface area contributed by atoms with Crippen LogP contribution in [0.4, 0.5) is 0 Å². The molecule has 0 amide bonds. The number of carbonyl (C=O) groups excluding carboxylic acids is 1. The van der Waals surface area contributed by atoms with Crippen molar-refractivity contribution in [1.82, 2.24) is 0 Å². The number of nitrogens with zero attached hydrogens (tertiary/aromatic N) is 1. The highest BCUT2D eigenvalue weighted by atomic mass is 16.1. The first-order valence-electron chi connectivity index (χ1n) is 4.34. The number of rotatable bonds is 1. The van der Waals surface area contributed by atoms with Crippen LogP contribution >= 0.6 is 0 Å². The molecule has 1 fully saturated rings. The van der Waals surface area contributed by atoms with E-state index in [1.807, 2.05) is 0 Å². The predicted octanol–water partition coefficient (Wildman–Crippen LogP) is 1.06. The summed E-state index contributed by atoms with van der Waals surface area (Å²) in [6.45, 7) is 4.03. The molecule has 1 aliphatic heterocycles. The Balaban J connectivity index is 2.42. The molecule has 0 spiro atoms. The lowest BCUT2D eigenvalue weighted by Gasteiger charge is -2.36. The van der Waals surface area contributed by atoms with E-state index in [4.69, 9.17) is 0 Å². The fraction of sp³-hybridized carbons (Fsp3) is 0.889. The largest absolute Gasteiger partial charge is 0.328 e. The Morgan fingerprint density at radius 2 is 1.73 bits per heavy atom. The van der Waals surface area contributed by atoms with Crippen molar-refractivity contribution in [2.45, 2.75) is 19.8 Å². The quantitative estimate of drug-likeness (QED) is 0.519. The van der Waals surface area contributed by atoms with E-state index in [9.17, 15) is 4.79 Å². The lowest BCUT2D eigenvalue weighted by atomic mass is 9.92. The Bertz CT molecular complexity index is 153. The molecule has 0 saturated carbocycles. The highest BCUT2D eigenvalue weighted by Crippen LogP contribution is 2.20. The minimum Gasteiger partial charge on any atom is -0.328 e. The minimum absolute atomic E-state index is 0.362. The van der Waals surface area contributed by atoms with Crippen LogP contribution in [0.1, 0.15) is 19.8 Å². The topological polar surface area (TPSA) is 17.1 Å². The van der Waals surface area contributed by atoms with Gasteiger partial charge in [0.1, 0.15) is 5.78 Å². The molecule has 2 heteroatoms. The van der Waals surface area contributed by atoms with Gasteiger partial charge in [-0.05, 0) is 6.92 Å². The lowest BCUT2D eigenvalue weighted by molar-refractivity contribution is -0.895. The van der Waals surface area contributed by atoms with Crippen molar-refractivity contribution in [2.75, 3.05) is 27.2 Å². The SMILES string of the molecule is CC(=O)C1CC[N+](C)(C)CC1. The molecule has 1 heterocycles. The average molecular weight is 156 g/mol. The Morgan fingerprint density at radius 1 is 1.27 bits per heavy atom. The van der Waals surface area contributed by atoms with E-state index < -0.39 is 0 Å². The van der Waals surface area contributed by atoms with E-state index >= 15 is 0 Å². The molecule has 0 N–H and O–H groups in total. The number of likely N-dealkylation sites (tertiary alicyclic amines) is 1. The van der Waals surface area contributed by atoms with Crippen LogP contribution in [0.2, 0.25) is 0 Å². The van der Waals surface area contributed by atoms with E-state index in [1.165, 1.54) is 0 Å². The van der Waals surface area contributed by atoms with Gasteiger partial charge in [-0.1, -0.05) is 0 Å². The Hall–Kier alpha value is -0.370. The number of piperidine rings is 1. The molecule has 1 aliphatic rings. The summed E-state index contributed by atoms with van der Waals surface area (Å²) >= 11 is 0. The molecular formula is C9H18NO+. The summed E-state index contributed by atoms with van der Waals surface area (Å²) in [5.74, 6) is 0.742. The molecule has 2 nitrogen and oxygen atoms in total. The van der Waals surface area contributed by atoms with Gasteiger partial charge in [-0.15, -0.1) is 0 Å². The normalized spacial score (nSPS) is 25.0. The molecule has 0 bridgehead atoms. The van der Waals surface area contributed by atoms with Gasteiger partial charge in [0.25, 0.3) is 0 Å². The van der Waals surface area contributed by atoms with Crippen LogP contribution in [0.3, 0.4) is 0 Å². The first-order chi connectivity index (χ1) is 5.01. The molecule has 1 saturated heterocycles. The predicted molar refractivity (Wildman–Crippen MR) is 45.2 cm³/mol. The van der Waals surface area contributed by atoms with Crippen LogP contribution in [-0.4, -0.2) is 37.5 Å². The smallest absolute Gasteiger partial charge is 0.133 e. The third kappa shape index (κ3) is 2.29. The van der Waals surface area contributed by atoms with Crippen LogP contribution in [0.15, 0.2) is 0 Å². The molecule has 1 rings (SSSR count). The first-order valence-corrected chi connectivity index (χ1v) is 4.34. The number of hydrogen-bond donors (Lipinski definition) is 0. The van der Waals surface area contributed by atoms with Crippen molar-refractivity contribution in [3.05, 3.63) is 0 Å². The Labute approximate surface area is 68.8 Å². The van der Waals surface area contributed by atoms with Crippen molar-refractivity contribution in [2.24, 2.45) is 5.92 Å². The van der Waals surface area contributed by atoms with E-state index in [-0.39, 0.29) is 0 Å². The zero-order valence-electron chi connectivity index (χ0n) is 7.76. The minimum atomic E-state index is 0.362. The maximum atomic E-state index is 11.0. The summed E-state index contributed by atoms with van der Waals surface area (Å²) in [5.41, 5.74) is 0. The maximum absolute atomic E-state index is 11.0. The zero-order valence-corrected chi connectivity index (χ0v) is 7.76. The fourth-order valence-electron chi connectivity index (χ4n) is 1.67. The molecule has 11 heavy (non-hydrogen) atoms. The lowest BCUT2D eigenvalue weighted by Crippen LogP contribution is -2.47. The molecule has 0 aliphatic carbocycles. The monoisotopic (exact) mass is 156 g/mol. The van der Waals surface area contributed by atoms with Crippen LogP contribution in [0.25, 0.3) is 0 Å². The van der Waals surface area contributed by atoms with Crippen LogP contribution in [0.5, 0.6) is 0 Å². The van der Waals surface area contributed by atoms with Crippen LogP contribution in [0, 0.1) is 5.92 Å². The molecule has 0 atom stereocenters. The zero-order chi connectivity index (χ0) is 8.48. The van der Waals surface area contributed by atoms with Gasteiger partial charge in [0.15, 0.2) is 0 Å². The third-order valence-corrected chi connectivity index (χ3v) is 2.74. The molecular weight excluding hydrogens is 138 g/mol. The number of hydrogen-bond acceptors (Lipinski definition) is 1. The molecule has 0 unspecified atom stereocenters. The van der Waals surface area contributed by atoms with Gasteiger partial charge < -0.3 is 4.48 Å². The second-order valence-corrected chi connectivity index (χ2v) is 4.27. The number of quaternary nitrogens is 1. The van der Waals surface area contributed by atoms with Crippen molar-refractivity contribution >= 4 is 5.78 Å². The molecule has 0 aromatic rings. The summed E-state index contributed by atoms with van der Waals surface area (Å²) in [7, 11) is 4.46. The van der Waals surface area contributed by atoms with Crippen molar-refractivity contribution in [1.29, 1.82) is 0 Å². The highest BCUT2D eigenvalue weighted by Gasteiger charge is 2.28. The van der Waals surface area contributed by atoms with Crippen molar-refractivity contribution < 1.29 is 9.28 Å². The summed E-state index contributed by atoms with van der Waals surface area (Å²) in [4.78, 5) is 11.0. The highest BCUT2D eigenvalue weighted by molar-refractivity contribution is 5.78. The van der Waals surface area contributed by atoms with Crippen molar-refractivity contribution in [3.8, 4) is 0 Å². The molecule has 64 valence electrons. The number of ketones is 1. The van der Waals surface area contributed by atoms with E-state index in [0.717, 1.165) is 30.4 Å². The van der Waals surface area contributed by atoms with Gasteiger partial charge in [0.05, 0.1) is 27.2 Å². The number of Topliss-reactive ketones (excluding diaryl/α,β-unsaturated/α-hetero) is 1. The maximum Gasteiger partial charge on any atom is 0.133 e. The van der Waals surface area contributed by atoms with E-state index in [2.05, 4.69) is 14.1 Å². The fourth-order valence-corrected chi connectivity index (χ4v) is 1.67.